The van der Waals surface area contributed by atoms with Gasteiger partial charge in [0.15, 0.2) is 0 Å². The highest BCUT2D eigenvalue weighted by molar-refractivity contribution is 7.99. The molecule has 0 spiro atoms. The lowest BCUT2D eigenvalue weighted by molar-refractivity contribution is -0.282. The second-order valence-electron chi connectivity index (χ2n) is 2.99. The van der Waals surface area contributed by atoms with Crippen LogP contribution in [0.4, 0.5) is 22.0 Å². The maximum absolute atomic E-state index is 12.6. The molecule has 1 atom stereocenters. The Hall–Kier alpha value is 0.290. The van der Waals surface area contributed by atoms with Crippen LogP contribution in [0.2, 0.25) is 0 Å². The first kappa shape index (κ1) is 15.3. The smallest absolute Gasteiger partial charge is 0.195 e. The van der Waals surface area contributed by atoms with E-state index in [1.807, 2.05) is 6.92 Å². The molecular weight excluding hydrogens is 259 g/mol. The number of hydrogen-bond acceptors (Lipinski definition) is 1. The number of alkyl halides is 6. The minimum Gasteiger partial charge on any atom is -0.195 e. The third kappa shape index (κ3) is 4.76. The van der Waals surface area contributed by atoms with Crippen molar-refractivity contribution in [2.24, 2.45) is 0 Å². The van der Waals surface area contributed by atoms with E-state index in [-0.39, 0.29) is 12.2 Å². The fourth-order valence-electron chi connectivity index (χ4n) is 0.792. The molecule has 0 amide bonds. The highest BCUT2D eigenvalue weighted by atomic mass is 35.5. The molecule has 1 unspecified atom stereocenters. The molecule has 0 aliphatic carbocycles. The summed E-state index contributed by atoms with van der Waals surface area (Å²) in [5.41, 5.74) is 0. The van der Waals surface area contributed by atoms with Crippen LogP contribution in [0.5, 0.6) is 0 Å². The van der Waals surface area contributed by atoms with Crippen molar-refractivity contribution in [3.05, 3.63) is 0 Å². The van der Waals surface area contributed by atoms with Crippen LogP contribution in [0.3, 0.4) is 0 Å². The van der Waals surface area contributed by atoms with Crippen LogP contribution < -0.4 is 0 Å². The van der Waals surface area contributed by atoms with Crippen LogP contribution in [-0.2, 0) is 0 Å². The van der Waals surface area contributed by atoms with Gasteiger partial charge in [-0.05, 0) is 24.3 Å². The molecule has 0 heterocycles. The average Bonchev–Trinajstić information content (AvgIpc) is 2.10. The maximum Gasteiger partial charge on any atom is 0.454 e. The molecule has 0 radical (unpaired) electrons. The molecule has 0 fully saturated rings. The Bertz CT molecular complexity index is 182. The summed E-state index contributed by atoms with van der Waals surface area (Å²) < 4.78 is 60.6. The van der Waals surface area contributed by atoms with Crippen LogP contribution in [0.1, 0.15) is 19.8 Å². The van der Waals surface area contributed by atoms with Crippen LogP contribution in [0.15, 0.2) is 0 Å². The summed E-state index contributed by atoms with van der Waals surface area (Å²) in [7, 11) is 0. The molecule has 15 heavy (non-hydrogen) atoms. The Morgan fingerprint density at radius 1 is 1.13 bits per heavy atom. The molecule has 0 nitrogen and oxygen atoms in total. The molecule has 0 aromatic rings. The molecule has 0 aliphatic rings. The summed E-state index contributed by atoms with van der Waals surface area (Å²) in [5.74, 6) is -3.85. The molecule has 0 aromatic carbocycles. The number of thioether (sulfide) groups is 1. The summed E-state index contributed by atoms with van der Waals surface area (Å²) in [6.45, 7) is 1.90. The number of halogens is 6. The van der Waals surface area contributed by atoms with Gasteiger partial charge in [-0.15, -0.1) is 11.6 Å². The summed E-state index contributed by atoms with van der Waals surface area (Å²) in [4.78, 5) is 0. The van der Waals surface area contributed by atoms with Crippen molar-refractivity contribution in [2.45, 2.75) is 37.2 Å². The molecule has 7 heteroatoms. The van der Waals surface area contributed by atoms with Gasteiger partial charge in [0.1, 0.15) is 5.38 Å². The van der Waals surface area contributed by atoms with Gasteiger partial charge in [0.2, 0.25) is 0 Å². The van der Waals surface area contributed by atoms with Gasteiger partial charge in [0.05, 0.1) is 0 Å². The van der Waals surface area contributed by atoms with E-state index in [2.05, 4.69) is 0 Å². The van der Waals surface area contributed by atoms with Gasteiger partial charge >= 0.3 is 12.1 Å². The third-order valence-electron chi connectivity index (χ3n) is 1.64. The Morgan fingerprint density at radius 2 is 1.67 bits per heavy atom. The Kier molecular flexibility index (Phi) is 6.25. The number of rotatable bonds is 6. The van der Waals surface area contributed by atoms with E-state index < -0.39 is 17.5 Å². The molecule has 0 saturated carbocycles. The topological polar surface area (TPSA) is 0 Å². The minimum absolute atomic E-state index is 0.216. The Morgan fingerprint density at radius 3 is 2.07 bits per heavy atom. The lowest BCUT2D eigenvalue weighted by Crippen LogP contribution is -2.44. The van der Waals surface area contributed by atoms with E-state index >= 15 is 0 Å². The highest BCUT2D eigenvalue weighted by Crippen LogP contribution is 2.41. The standard InChI is InChI=1S/C8H12ClF5S/c1-2-4-15-5-3-6(9)7(10,11)8(12,13)14/h6H,2-5H2,1H3. The zero-order valence-corrected chi connectivity index (χ0v) is 9.65. The van der Waals surface area contributed by atoms with E-state index in [4.69, 9.17) is 11.6 Å². The predicted octanol–water partition coefficient (Wildman–Crippen LogP) is 4.32. The second kappa shape index (κ2) is 6.13. The molecule has 0 aliphatic heterocycles. The quantitative estimate of drug-likeness (QED) is 0.393. The zero-order valence-electron chi connectivity index (χ0n) is 8.08. The van der Waals surface area contributed by atoms with Gasteiger partial charge in [0, 0.05) is 0 Å². The molecule has 0 bridgehead atoms. The molecule has 0 aromatic heterocycles. The third-order valence-corrected chi connectivity index (χ3v) is 3.35. The van der Waals surface area contributed by atoms with E-state index in [9.17, 15) is 22.0 Å². The van der Waals surface area contributed by atoms with Crippen molar-refractivity contribution < 1.29 is 22.0 Å². The molecule has 92 valence electrons. The van der Waals surface area contributed by atoms with E-state index in [1.165, 1.54) is 11.8 Å². The lowest BCUT2D eigenvalue weighted by Gasteiger charge is -2.24. The Balaban J connectivity index is 4.03. The van der Waals surface area contributed by atoms with Crippen molar-refractivity contribution >= 4 is 23.4 Å². The monoisotopic (exact) mass is 270 g/mol. The first-order chi connectivity index (χ1) is 6.73. The zero-order chi connectivity index (χ0) is 12.1. The lowest BCUT2D eigenvalue weighted by atomic mass is 10.2. The van der Waals surface area contributed by atoms with E-state index in [0.29, 0.717) is 0 Å². The highest BCUT2D eigenvalue weighted by Gasteiger charge is 2.61. The molecule has 0 rings (SSSR count). The number of hydrogen-bond donors (Lipinski definition) is 0. The van der Waals surface area contributed by atoms with Crippen molar-refractivity contribution in [2.75, 3.05) is 11.5 Å². The van der Waals surface area contributed by atoms with Crippen molar-refractivity contribution in [3.8, 4) is 0 Å². The average molecular weight is 271 g/mol. The van der Waals surface area contributed by atoms with Gasteiger partial charge in [-0.1, -0.05) is 6.92 Å². The first-order valence-electron chi connectivity index (χ1n) is 4.39. The van der Waals surface area contributed by atoms with Gasteiger partial charge in [-0.3, -0.25) is 0 Å². The SMILES string of the molecule is CCCSCCC(Cl)C(F)(F)C(F)(F)F. The summed E-state index contributed by atoms with van der Waals surface area (Å²) in [5, 5.41) is -2.18. The van der Waals surface area contributed by atoms with Gasteiger partial charge in [0.25, 0.3) is 0 Å². The van der Waals surface area contributed by atoms with Crippen LogP contribution in [0, 0.1) is 0 Å². The van der Waals surface area contributed by atoms with Gasteiger partial charge in [-0.25, -0.2) is 0 Å². The van der Waals surface area contributed by atoms with Crippen LogP contribution in [0.25, 0.3) is 0 Å². The normalized spacial score (nSPS) is 15.4. The van der Waals surface area contributed by atoms with Crippen LogP contribution >= 0.6 is 23.4 Å². The van der Waals surface area contributed by atoms with Gasteiger partial charge < -0.3 is 0 Å². The predicted molar refractivity (Wildman–Crippen MR) is 52.9 cm³/mol. The van der Waals surface area contributed by atoms with Crippen molar-refractivity contribution in [1.82, 2.24) is 0 Å². The summed E-state index contributed by atoms with van der Waals surface area (Å²) in [6, 6.07) is 0. The molecule has 0 saturated heterocycles. The summed E-state index contributed by atoms with van der Waals surface area (Å²) in [6.07, 6.45) is -5.05. The Labute approximate surface area is 94.5 Å². The van der Waals surface area contributed by atoms with Gasteiger partial charge in [-0.2, -0.15) is 33.7 Å². The summed E-state index contributed by atoms with van der Waals surface area (Å²) >= 11 is 6.38. The second-order valence-corrected chi connectivity index (χ2v) is 4.74. The fourth-order valence-corrected chi connectivity index (χ4v) is 2.05. The molecular formula is C8H12ClF5S. The first-order valence-corrected chi connectivity index (χ1v) is 5.99. The fraction of sp³-hybridized carbons (Fsp3) is 1.00. The van der Waals surface area contributed by atoms with Crippen LogP contribution in [-0.4, -0.2) is 29.0 Å². The minimum atomic E-state index is -5.56. The largest absolute Gasteiger partial charge is 0.454 e. The van der Waals surface area contributed by atoms with Crippen molar-refractivity contribution in [1.29, 1.82) is 0 Å². The van der Waals surface area contributed by atoms with E-state index in [0.717, 1.165) is 12.2 Å². The molecule has 0 N–H and O–H groups in total. The van der Waals surface area contributed by atoms with E-state index in [1.54, 1.807) is 0 Å². The van der Waals surface area contributed by atoms with Crippen molar-refractivity contribution in [3.63, 3.8) is 0 Å². The maximum atomic E-state index is 12.6.